The molecule has 0 aliphatic carbocycles. The van der Waals surface area contributed by atoms with E-state index < -0.39 is 11.8 Å². The Hall–Kier alpha value is -0.140. The second-order valence-electron chi connectivity index (χ2n) is 4.34. The van der Waals surface area contributed by atoms with E-state index in [0.717, 1.165) is 4.47 Å². The van der Waals surface area contributed by atoms with Crippen LogP contribution in [0, 0.1) is 0 Å². The fourth-order valence-electron chi connectivity index (χ4n) is 1.17. The lowest BCUT2D eigenvalue weighted by Gasteiger charge is -2.28. The van der Waals surface area contributed by atoms with Crippen molar-refractivity contribution >= 4 is 31.9 Å². The number of rotatable bonds is 4. The van der Waals surface area contributed by atoms with Crippen LogP contribution in [0.15, 0.2) is 21.1 Å². The van der Waals surface area contributed by atoms with Gasteiger partial charge in [0.15, 0.2) is 6.29 Å². The molecule has 0 saturated carbocycles. The molecule has 0 aliphatic heterocycles. The number of aliphatic hydroxyl groups is 2. The van der Waals surface area contributed by atoms with Gasteiger partial charge >= 0.3 is 0 Å². The molecule has 0 atom stereocenters. The van der Waals surface area contributed by atoms with Crippen molar-refractivity contribution in [2.45, 2.75) is 32.2 Å². The molecule has 0 heterocycles. The van der Waals surface area contributed by atoms with Crippen molar-refractivity contribution in [2.75, 3.05) is 0 Å². The fourth-order valence-corrected chi connectivity index (χ4v) is 2.48. The Morgan fingerprint density at radius 1 is 1.29 bits per heavy atom. The first-order valence-corrected chi connectivity index (χ1v) is 6.60. The molecular formula is C11H15Br2NO3. The van der Waals surface area contributed by atoms with Crippen molar-refractivity contribution < 1.29 is 15.3 Å². The zero-order valence-electron chi connectivity index (χ0n) is 9.54. The highest BCUT2D eigenvalue weighted by Crippen LogP contribution is 2.31. The Balaban J connectivity index is 2.83. The minimum atomic E-state index is -1.47. The quantitative estimate of drug-likeness (QED) is 0.614. The summed E-state index contributed by atoms with van der Waals surface area (Å²) in [4.78, 5) is 0. The predicted molar refractivity (Wildman–Crippen MR) is 72.7 cm³/mol. The number of aromatic hydroxyl groups is 1. The van der Waals surface area contributed by atoms with E-state index in [2.05, 4.69) is 37.2 Å². The van der Waals surface area contributed by atoms with Gasteiger partial charge in [-0.25, -0.2) is 0 Å². The van der Waals surface area contributed by atoms with E-state index >= 15 is 0 Å². The van der Waals surface area contributed by atoms with E-state index in [-0.39, 0.29) is 5.75 Å². The van der Waals surface area contributed by atoms with Gasteiger partial charge in [-0.3, -0.25) is 0 Å². The van der Waals surface area contributed by atoms with Gasteiger partial charge in [0.25, 0.3) is 0 Å². The normalized spacial score (nSPS) is 12.2. The molecule has 0 amide bonds. The van der Waals surface area contributed by atoms with Crippen molar-refractivity contribution in [3.05, 3.63) is 26.6 Å². The molecule has 1 rings (SSSR count). The van der Waals surface area contributed by atoms with Gasteiger partial charge in [-0.15, -0.1) is 0 Å². The average Bonchev–Trinajstić information content (AvgIpc) is 2.21. The highest BCUT2D eigenvalue weighted by atomic mass is 79.9. The molecule has 96 valence electrons. The van der Waals surface area contributed by atoms with Crippen LogP contribution in [0.5, 0.6) is 5.75 Å². The summed E-state index contributed by atoms with van der Waals surface area (Å²) in [7, 11) is 0. The predicted octanol–water partition coefficient (Wildman–Crippen LogP) is 2.10. The molecule has 4 nitrogen and oxygen atoms in total. The molecule has 0 aromatic heterocycles. The number of phenolic OH excluding ortho intramolecular Hbond substituents is 1. The highest BCUT2D eigenvalue weighted by molar-refractivity contribution is 9.11. The van der Waals surface area contributed by atoms with Crippen molar-refractivity contribution in [1.82, 2.24) is 5.32 Å². The molecular weight excluding hydrogens is 354 g/mol. The monoisotopic (exact) mass is 367 g/mol. The molecule has 0 bridgehead atoms. The standard InChI is InChI=1S/C11H15Br2NO3/c1-11(2,10(16)17)14-5-6-3-7(12)4-8(13)9(6)15/h3-4,10,14-17H,5H2,1-2H3. The van der Waals surface area contributed by atoms with Crippen molar-refractivity contribution in [3.63, 3.8) is 0 Å². The summed E-state index contributed by atoms with van der Waals surface area (Å²) >= 11 is 6.57. The van der Waals surface area contributed by atoms with E-state index in [9.17, 15) is 5.11 Å². The number of aliphatic hydroxyl groups excluding tert-OH is 1. The van der Waals surface area contributed by atoms with E-state index in [0.29, 0.717) is 16.6 Å². The molecule has 0 spiro atoms. The molecule has 1 aromatic rings. The van der Waals surface area contributed by atoms with Crippen LogP contribution >= 0.6 is 31.9 Å². The molecule has 1 aromatic carbocycles. The van der Waals surface area contributed by atoms with Gasteiger partial charge in [-0.1, -0.05) is 15.9 Å². The van der Waals surface area contributed by atoms with Crippen LogP contribution in [0.25, 0.3) is 0 Å². The van der Waals surface area contributed by atoms with Crippen LogP contribution in [-0.2, 0) is 6.54 Å². The second kappa shape index (κ2) is 5.67. The Morgan fingerprint density at radius 2 is 1.88 bits per heavy atom. The number of benzene rings is 1. The molecule has 0 radical (unpaired) electrons. The SMILES string of the molecule is CC(C)(NCc1cc(Br)cc(Br)c1O)C(O)O. The van der Waals surface area contributed by atoms with Gasteiger partial charge in [0.1, 0.15) is 5.75 Å². The number of hydrogen-bond donors (Lipinski definition) is 4. The minimum absolute atomic E-state index is 0.143. The summed E-state index contributed by atoms with van der Waals surface area (Å²) in [5.41, 5.74) is -0.179. The first-order chi connectivity index (χ1) is 7.74. The Labute approximate surface area is 117 Å². The minimum Gasteiger partial charge on any atom is -0.506 e. The van der Waals surface area contributed by atoms with E-state index in [1.54, 1.807) is 26.0 Å². The van der Waals surface area contributed by atoms with Gasteiger partial charge in [0.05, 0.1) is 10.0 Å². The molecule has 0 saturated heterocycles. The van der Waals surface area contributed by atoms with E-state index in [4.69, 9.17) is 10.2 Å². The smallest absolute Gasteiger partial charge is 0.169 e. The summed E-state index contributed by atoms with van der Waals surface area (Å²) < 4.78 is 1.42. The Bertz CT molecular complexity index is 408. The molecule has 0 unspecified atom stereocenters. The van der Waals surface area contributed by atoms with Crippen molar-refractivity contribution in [3.8, 4) is 5.75 Å². The van der Waals surface area contributed by atoms with Gasteiger partial charge in [-0.05, 0) is 41.9 Å². The maximum atomic E-state index is 9.82. The summed E-state index contributed by atoms with van der Waals surface area (Å²) in [5.74, 6) is 0.143. The highest BCUT2D eigenvalue weighted by Gasteiger charge is 2.25. The van der Waals surface area contributed by atoms with Crippen LogP contribution in [0.2, 0.25) is 0 Å². The van der Waals surface area contributed by atoms with Gasteiger partial charge < -0.3 is 20.6 Å². The zero-order chi connectivity index (χ0) is 13.2. The Kier molecular flexibility index (Phi) is 4.97. The van der Waals surface area contributed by atoms with Gasteiger partial charge in [0.2, 0.25) is 0 Å². The molecule has 0 fully saturated rings. The molecule has 17 heavy (non-hydrogen) atoms. The lowest BCUT2D eigenvalue weighted by Crippen LogP contribution is -2.49. The van der Waals surface area contributed by atoms with Gasteiger partial charge in [0, 0.05) is 16.6 Å². The van der Waals surface area contributed by atoms with Crippen molar-refractivity contribution in [2.24, 2.45) is 0 Å². The number of nitrogens with one attached hydrogen (secondary N) is 1. The lowest BCUT2D eigenvalue weighted by atomic mass is 10.0. The second-order valence-corrected chi connectivity index (χ2v) is 6.11. The van der Waals surface area contributed by atoms with E-state index in [1.807, 2.05) is 0 Å². The third-order valence-corrected chi connectivity index (χ3v) is 3.55. The average molecular weight is 369 g/mol. The van der Waals surface area contributed by atoms with E-state index in [1.165, 1.54) is 0 Å². The number of hydrogen-bond acceptors (Lipinski definition) is 4. The maximum Gasteiger partial charge on any atom is 0.169 e. The summed E-state index contributed by atoms with van der Waals surface area (Å²) in [6, 6.07) is 3.51. The third-order valence-electron chi connectivity index (χ3n) is 2.49. The van der Waals surface area contributed by atoms with Crippen LogP contribution in [0.1, 0.15) is 19.4 Å². The lowest BCUT2D eigenvalue weighted by molar-refractivity contribution is -0.0973. The summed E-state index contributed by atoms with van der Waals surface area (Å²) in [5, 5.41) is 31.1. The van der Waals surface area contributed by atoms with Crippen LogP contribution in [-0.4, -0.2) is 27.1 Å². The number of phenols is 1. The fraction of sp³-hybridized carbons (Fsp3) is 0.455. The molecule has 0 aliphatic rings. The maximum absolute atomic E-state index is 9.82. The molecule has 4 N–H and O–H groups in total. The topological polar surface area (TPSA) is 72.7 Å². The van der Waals surface area contributed by atoms with Crippen LogP contribution < -0.4 is 5.32 Å². The zero-order valence-corrected chi connectivity index (χ0v) is 12.7. The first-order valence-electron chi connectivity index (χ1n) is 5.02. The first kappa shape index (κ1) is 14.9. The molecule has 6 heteroatoms. The summed E-state index contributed by atoms with van der Waals surface area (Å²) in [6.45, 7) is 3.66. The van der Waals surface area contributed by atoms with Gasteiger partial charge in [-0.2, -0.15) is 0 Å². The summed E-state index contributed by atoms with van der Waals surface area (Å²) in [6.07, 6.45) is -1.47. The number of halogens is 2. The Morgan fingerprint density at radius 3 is 2.41 bits per heavy atom. The third kappa shape index (κ3) is 3.93. The van der Waals surface area contributed by atoms with Crippen LogP contribution in [0.3, 0.4) is 0 Å². The largest absolute Gasteiger partial charge is 0.506 e. The van der Waals surface area contributed by atoms with Crippen LogP contribution in [0.4, 0.5) is 0 Å². The van der Waals surface area contributed by atoms with Crippen molar-refractivity contribution in [1.29, 1.82) is 0 Å².